The van der Waals surface area contributed by atoms with Crippen molar-refractivity contribution < 1.29 is 24.0 Å². The highest BCUT2D eigenvalue weighted by Crippen LogP contribution is 2.20. The average molecular weight is 386 g/mol. The van der Waals surface area contributed by atoms with E-state index in [4.69, 9.17) is 0 Å². The quantitative estimate of drug-likeness (QED) is 0.396. The van der Waals surface area contributed by atoms with Crippen molar-refractivity contribution in [2.24, 2.45) is 0 Å². The van der Waals surface area contributed by atoms with Crippen LogP contribution >= 0.6 is 0 Å². The predicted octanol–water partition coefficient (Wildman–Crippen LogP) is 2.78. The number of esters is 1. The average Bonchev–Trinajstić information content (AvgIpc) is 2.67. The Balaban J connectivity index is 2.25. The van der Waals surface area contributed by atoms with Crippen LogP contribution in [0.4, 0.5) is 21.9 Å². The van der Waals surface area contributed by atoms with Gasteiger partial charge in [-0.25, -0.2) is 9.59 Å². The predicted molar refractivity (Wildman–Crippen MR) is 102 cm³/mol. The summed E-state index contributed by atoms with van der Waals surface area (Å²) in [5, 5.41) is 18.8. The van der Waals surface area contributed by atoms with Crippen molar-refractivity contribution in [1.29, 1.82) is 0 Å². The van der Waals surface area contributed by atoms with E-state index in [2.05, 4.69) is 20.7 Å². The van der Waals surface area contributed by atoms with E-state index in [1.165, 1.54) is 12.1 Å². The van der Waals surface area contributed by atoms with Gasteiger partial charge in [0.2, 0.25) is 0 Å². The number of ether oxygens (including phenoxy) is 1. The van der Waals surface area contributed by atoms with E-state index in [0.717, 1.165) is 19.2 Å². The van der Waals surface area contributed by atoms with Crippen molar-refractivity contribution in [3.05, 3.63) is 63.7 Å². The van der Waals surface area contributed by atoms with Crippen molar-refractivity contribution >= 4 is 35.0 Å². The molecule has 0 unspecified atom stereocenters. The molecular weight excluding hydrogens is 368 g/mol. The molecule has 3 N–H and O–H groups in total. The molecule has 0 bridgehead atoms. The Bertz CT molecular complexity index is 928. The van der Waals surface area contributed by atoms with Gasteiger partial charge in [-0.15, -0.1) is 0 Å². The lowest BCUT2D eigenvalue weighted by atomic mass is 10.1. The normalized spacial score (nSPS) is 9.93. The molecular formula is C18H18N4O6. The summed E-state index contributed by atoms with van der Waals surface area (Å²) in [5.74, 6) is -1.46. The van der Waals surface area contributed by atoms with Crippen LogP contribution in [-0.2, 0) is 4.74 Å². The zero-order chi connectivity index (χ0) is 20.7. The summed E-state index contributed by atoms with van der Waals surface area (Å²) in [4.78, 5) is 46.1. The number of methoxy groups -OCH3 is 1. The number of nitro groups is 1. The fourth-order valence-electron chi connectivity index (χ4n) is 2.30. The monoisotopic (exact) mass is 386 g/mol. The van der Waals surface area contributed by atoms with E-state index in [0.29, 0.717) is 17.9 Å². The van der Waals surface area contributed by atoms with Crippen molar-refractivity contribution in [2.75, 3.05) is 24.3 Å². The molecule has 10 nitrogen and oxygen atoms in total. The zero-order valence-corrected chi connectivity index (χ0v) is 15.1. The van der Waals surface area contributed by atoms with Gasteiger partial charge in [0.25, 0.3) is 11.6 Å². The van der Waals surface area contributed by atoms with E-state index < -0.39 is 28.5 Å². The molecule has 0 radical (unpaired) electrons. The molecule has 0 fully saturated rings. The van der Waals surface area contributed by atoms with Gasteiger partial charge in [0, 0.05) is 35.6 Å². The smallest absolute Gasteiger partial charge is 0.338 e. The molecule has 0 saturated heterocycles. The Labute approximate surface area is 160 Å². The number of benzene rings is 2. The second-order valence-electron chi connectivity index (χ2n) is 5.54. The molecule has 2 aromatic rings. The maximum Gasteiger partial charge on any atom is 0.338 e. The lowest BCUT2D eigenvalue weighted by Crippen LogP contribution is -2.28. The molecule has 3 amide bonds. The minimum Gasteiger partial charge on any atom is -0.465 e. The summed E-state index contributed by atoms with van der Waals surface area (Å²) >= 11 is 0. The van der Waals surface area contributed by atoms with Gasteiger partial charge in [-0.2, -0.15) is 0 Å². The van der Waals surface area contributed by atoms with Crippen LogP contribution in [0.5, 0.6) is 0 Å². The number of non-ortho nitro benzene ring substituents is 1. The van der Waals surface area contributed by atoms with Gasteiger partial charge in [-0.1, -0.05) is 6.07 Å². The first kappa shape index (κ1) is 20.4. The molecule has 0 saturated carbocycles. The van der Waals surface area contributed by atoms with Crippen LogP contribution in [0.1, 0.15) is 27.6 Å². The van der Waals surface area contributed by atoms with E-state index >= 15 is 0 Å². The molecule has 0 aromatic heterocycles. The second kappa shape index (κ2) is 9.12. The van der Waals surface area contributed by atoms with Crippen LogP contribution in [-0.4, -0.2) is 36.5 Å². The van der Waals surface area contributed by atoms with Crippen LogP contribution in [0.2, 0.25) is 0 Å². The largest absolute Gasteiger partial charge is 0.465 e. The third-order valence-electron chi connectivity index (χ3n) is 3.53. The van der Waals surface area contributed by atoms with Crippen LogP contribution in [0.25, 0.3) is 0 Å². The maximum absolute atomic E-state index is 12.5. The molecule has 0 heterocycles. The van der Waals surface area contributed by atoms with Gasteiger partial charge in [0.1, 0.15) is 0 Å². The van der Waals surface area contributed by atoms with Gasteiger partial charge in [-0.3, -0.25) is 14.9 Å². The number of nitrogens with zero attached hydrogens (tertiary/aromatic N) is 1. The summed E-state index contributed by atoms with van der Waals surface area (Å²) in [6.07, 6.45) is 0. The van der Waals surface area contributed by atoms with Crippen molar-refractivity contribution in [3.8, 4) is 0 Å². The number of carbonyl (C=O) groups excluding carboxylic acids is 3. The van der Waals surface area contributed by atoms with Crippen LogP contribution in [0.15, 0.2) is 42.5 Å². The summed E-state index contributed by atoms with van der Waals surface area (Å²) in [7, 11) is 1.13. The molecule has 0 aliphatic carbocycles. The van der Waals surface area contributed by atoms with E-state index in [9.17, 15) is 24.5 Å². The zero-order valence-electron chi connectivity index (χ0n) is 15.1. The number of amides is 3. The lowest BCUT2D eigenvalue weighted by molar-refractivity contribution is -0.384. The Morgan fingerprint density at radius 2 is 1.68 bits per heavy atom. The van der Waals surface area contributed by atoms with Gasteiger partial charge >= 0.3 is 12.0 Å². The molecule has 28 heavy (non-hydrogen) atoms. The number of carbonyl (C=O) groups is 3. The van der Waals surface area contributed by atoms with Crippen LogP contribution < -0.4 is 16.0 Å². The number of rotatable bonds is 6. The molecule has 0 aliphatic rings. The lowest BCUT2D eigenvalue weighted by Gasteiger charge is -2.10. The first-order valence-electron chi connectivity index (χ1n) is 8.18. The summed E-state index contributed by atoms with van der Waals surface area (Å²) in [6.45, 7) is 2.23. The fraction of sp³-hybridized carbons (Fsp3) is 0.167. The number of hydrogen-bond acceptors (Lipinski definition) is 6. The fourth-order valence-corrected chi connectivity index (χ4v) is 2.30. The molecule has 10 heteroatoms. The molecule has 0 atom stereocenters. The minimum absolute atomic E-state index is 0.0864. The van der Waals surface area contributed by atoms with Crippen molar-refractivity contribution in [1.82, 2.24) is 5.32 Å². The Kier molecular flexibility index (Phi) is 6.63. The SMILES string of the molecule is CCNC(=O)Nc1cccc(NC(=O)c2cc(C(=O)OC)cc([N+](=O)[O-])c2)c1. The summed E-state index contributed by atoms with van der Waals surface area (Å²) in [6, 6.07) is 9.24. The Morgan fingerprint density at radius 1 is 1.04 bits per heavy atom. The maximum atomic E-state index is 12.5. The minimum atomic E-state index is -0.800. The highest BCUT2D eigenvalue weighted by atomic mass is 16.6. The van der Waals surface area contributed by atoms with Gasteiger partial charge in [0.05, 0.1) is 17.6 Å². The number of anilines is 2. The standard InChI is InChI=1S/C18H18N4O6/c1-3-19-18(25)21-14-6-4-5-13(10-14)20-16(23)11-7-12(17(24)28-2)9-15(8-11)22(26)27/h4-10H,3H2,1-2H3,(H,20,23)(H2,19,21,25). The molecule has 2 aromatic carbocycles. The third-order valence-corrected chi connectivity index (χ3v) is 3.53. The number of urea groups is 1. The Hall–Kier alpha value is -3.95. The molecule has 0 spiro atoms. The van der Waals surface area contributed by atoms with Gasteiger partial charge in [-0.05, 0) is 31.2 Å². The molecule has 146 valence electrons. The van der Waals surface area contributed by atoms with Crippen molar-refractivity contribution in [2.45, 2.75) is 6.92 Å². The number of nitro benzene ring substituents is 1. The van der Waals surface area contributed by atoms with Crippen LogP contribution in [0.3, 0.4) is 0 Å². The second-order valence-corrected chi connectivity index (χ2v) is 5.54. The van der Waals surface area contributed by atoms with E-state index in [1.807, 2.05) is 0 Å². The van der Waals surface area contributed by atoms with Gasteiger partial charge < -0.3 is 20.7 Å². The first-order chi connectivity index (χ1) is 13.3. The summed E-state index contributed by atoms with van der Waals surface area (Å²) in [5.41, 5.74) is 0.174. The highest BCUT2D eigenvalue weighted by molar-refractivity contribution is 6.06. The molecule has 2 rings (SSSR count). The first-order valence-corrected chi connectivity index (χ1v) is 8.18. The Morgan fingerprint density at radius 3 is 2.29 bits per heavy atom. The molecule has 0 aliphatic heterocycles. The van der Waals surface area contributed by atoms with Crippen LogP contribution in [0, 0.1) is 10.1 Å². The topological polar surface area (TPSA) is 140 Å². The van der Waals surface area contributed by atoms with Crippen molar-refractivity contribution in [3.63, 3.8) is 0 Å². The highest BCUT2D eigenvalue weighted by Gasteiger charge is 2.18. The summed E-state index contributed by atoms with van der Waals surface area (Å²) < 4.78 is 4.56. The van der Waals surface area contributed by atoms with E-state index in [1.54, 1.807) is 25.1 Å². The van der Waals surface area contributed by atoms with Gasteiger partial charge in [0.15, 0.2) is 0 Å². The third kappa shape index (κ3) is 5.27. The number of hydrogen-bond donors (Lipinski definition) is 3. The van der Waals surface area contributed by atoms with E-state index in [-0.39, 0.29) is 11.1 Å². The number of nitrogens with one attached hydrogen (secondary N) is 3.